The second kappa shape index (κ2) is 6.72. The predicted molar refractivity (Wildman–Crippen MR) is 68.1 cm³/mol. The van der Waals surface area contributed by atoms with Crippen LogP contribution in [-0.2, 0) is 14.3 Å². The van der Waals surface area contributed by atoms with Gasteiger partial charge in [-0.05, 0) is 13.3 Å². The Labute approximate surface area is 113 Å². The molecular formula is C12H22N2O5. The summed E-state index contributed by atoms with van der Waals surface area (Å²) >= 11 is 0. The first-order valence-electron chi connectivity index (χ1n) is 6.23. The third-order valence-corrected chi connectivity index (χ3v) is 3.03. The van der Waals surface area contributed by atoms with Crippen LogP contribution in [0.2, 0.25) is 0 Å². The topological polar surface area (TPSA) is 79.3 Å². The lowest BCUT2D eigenvalue weighted by Gasteiger charge is -2.48. The summed E-state index contributed by atoms with van der Waals surface area (Å²) in [5, 5.41) is 8.55. The van der Waals surface area contributed by atoms with Crippen molar-refractivity contribution < 1.29 is 24.2 Å². The Bertz CT molecular complexity index is 328. The van der Waals surface area contributed by atoms with Crippen molar-refractivity contribution in [3.05, 3.63) is 0 Å². The van der Waals surface area contributed by atoms with Crippen molar-refractivity contribution in [1.82, 2.24) is 9.80 Å². The van der Waals surface area contributed by atoms with Crippen molar-refractivity contribution in [2.24, 2.45) is 0 Å². The Morgan fingerprint density at radius 3 is 2.58 bits per heavy atom. The normalized spacial score (nSPS) is 16.9. The lowest BCUT2D eigenvalue weighted by molar-refractivity contribution is -0.160. The van der Waals surface area contributed by atoms with E-state index in [4.69, 9.17) is 14.6 Å². The summed E-state index contributed by atoms with van der Waals surface area (Å²) in [6.45, 7) is 3.58. The van der Waals surface area contributed by atoms with Gasteiger partial charge < -0.3 is 24.4 Å². The number of carboxylic acids is 1. The Balaban J connectivity index is 2.28. The Morgan fingerprint density at radius 1 is 1.42 bits per heavy atom. The molecule has 1 N–H and O–H groups in total. The van der Waals surface area contributed by atoms with Gasteiger partial charge in [-0.1, -0.05) is 0 Å². The fraction of sp³-hybridized carbons (Fsp3) is 0.833. The van der Waals surface area contributed by atoms with Crippen LogP contribution >= 0.6 is 0 Å². The number of likely N-dealkylation sites (tertiary alicyclic amines) is 1. The summed E-state index contributed by atoms with van der Waals surface area (Å²) in [6.07, 6.45) is 0.791. The zero-order valence-corrected chi connectivity index (χ0v) is 11.7. The number of hydrogen-bond acceptors (Lipinski definition) is 4. The molecule has 2 amide bonds. The predicted octanol–water partition coefficient (Wildman–Crippen LogP) is 0.250. The minimum absolute atomic E-state index is 0.0625. The molecule has 0 radical (unpaired) electrons. The van der Waals surface area contributed by atoms with Gasteiger partial charge >= 0.3 is 12.0 Å². The highest BCUT2D eigenvalue weighted by Crippen LogP contribution is 2.25. The number of urea groups is 1. The van der Waals surface area contributed by atoms with Gasteiger partial charge in [0.15, 0.2) is 0 Å². The maximum atomic E-state index is 12.0. The molecule has 0 saturated carbocycles. The number of rotatable bonds is 7. The number of carboxylic acid groups (broad SMARTS) is 1. The summed E-state index contributed by atoms with van der Waals surface area (Å²) in [6, 6.07) is -0.0625. The van der Waals surface area contributed by atoms with E-state index in [1.807, 2.05) is 6.92 Å². The van der Waals surface area contributed by atoms with E-state index >= 15 is 0 Å². The molecule has 1 rings (SSSR count). The maximum absolute atomic E-state index is 12.0. The van der Waals surface area contributed by atoms with Crippen LogP contribution in [0, 0.1) is 0 Å². The smallest absolute Gasteiger partial charge is 0.329 e. The number of methoxy groups -OCH3 is 1. The van der Waals surface area contributed by atoms with Gasteiger partial charge in [0.05, 0.1) is 13.1 Å². The quantitative estimate of drug-likeness (QED) is 0.673. The highest BCUT2D eigenvalue weighted by Gasteiger charge is 2.43. The van der Waals surface area contributed by atoms with Gasteiger partial charge in [-0.15, -0.1) is 0 Å². The third-order valence-electron chi connectivity index (χ3n) is 3.03. The van der Waals surface area contributed by atoms with Crippen molar-refractivity contribution in [3.8, 4) is 0 Å². The molecule has 1 saturated heterocycles. The van der Waals surface area contributed by atoms with Gasteiger partial charge in [0.1, 0.15) is 12.2 Å². The molecule has 7 heteroatoms. The van der Waals surface area contributed by atoms with Gasteiger partial charge in [-0.2, -0.15) is 0 Å². The van der Waals surface area contributed by atoms with Crippen molar-refractivity contribution in [2.45, 2.75) is 18.9 Å². The van der Waals surface area contributed by atoms with E-state index in [0.29, 0.717) is 26.2 Å². The van der Waals surface area contributed by atoms with Crippen LogP contribution in [0.1, 0.15) is 13.3 Å². The van der Waals surface area contributed by atoms with Crippen molar-refractivity contribution >= 4 is 12.0 Å². The Hall–Kier alpha value is -1.34. The molecule has 1 fully saturated rings. The zero-order valence-electron chi connectivity index (χ0n) is 11.7. The number of carbonyl (C=O) groups is 2. The minimum atomic E-state index is -0.998. The highest BCUT2D eigenvalue weighted by molar-refractivity contribution is 5.75. The first kappa shape index (κ1) is 15.7. The Morgan fingerprint density at radius 2 is 2.05 bits per heavy atom. The fourth-order valence-corrected chi connectivity index (χ4v) is 2.01. The molecule has 1 aliphatic rings. The van der Waals surface area contributed by atoms with E-state index in [0.717, 1.165) is 6.42 Å². The Kier molecular flexibility index (Phi) is 5.56. The summed E-state index contributed by atoms with van der Waals surface area (Å²) in [7, 11) is 3.37. The molecule has 7 nitrogen and oxygen atoms in total. The lowest BCUT2D eigenvalue weighted by Crippen LogP contribution is -2.65. The molecule has 0 bridgehead atoms. The fourth-order valence-electron chi connectivity index (χ4n) is 2.01. The SMILES string of the molecule is COCCCN(C)C(=O)N1CC(C)(OCC(=O)O)C1. The summed E-state index contributed by atoms with van der Waals surface area (Å²) in [5.74, 6) is -0.998. The average Bonchev–Trinajstić information content (AvgIpc) is 2.32. The monoisotopic (exact) mass is 274 g/mol. The molecule has 0 unspecified atom stereocenters. The van der Waals surface area contributed by atoms with Gasteiger partial charge in [0.25, 0.3) is 0 Å². The summed E-state index contributed by atoms with van der Waals surface area (Å²) < 4.78 is 10.2. The van der Waals surface area contributed by atoms with Crippen LogP contribution in [0.3, 0.4) is 0 Å². The molecule has 1 aliphatic heterocycles. The molecule has 0 aromatic rings. The second-order valence-corrected chi connectivity index (χ2v) is 5.04. The van der Waals surface area contributed by atoms with E-state index in [1.54, 1.807) is 24.0 Å². The third kappa shape index (κ3) is 4.68. The van der Waals surface area contributed by atoms with Crippen LogP contribution in [0.5, 0.6) is 0 Å². The molecule has 0 spiro atoms. The van der Waals surface area contributed by atoms with E-state index in [2.05, 4.69) is 0 Å². The summed E-state index contributed by atoms with van der Waals surface area (Å²) in [4.78, 5) is 25.7. The minimum Gasteiger partial charge on any atom is -0.480 e. The number of hydrogen-bond donors (Lipinski definition) is 1. The van der Waals surface area contributed by atoms with Crippen molar-refractivity contribution in [3.63, 3.8) is 0 Å². The van der Waals surface area contributed by atoms with Crippen molar-refractivity contribution in [1.29, 1.82) is 0 Å². The van der Waals surface area contributed by atoms with Crippen LogP contribution in [0.15, 0.2) is 0 Å². The molecule has 0 aliphatic carbocycles. The first-order chi connectivity index (χ1) is 8.88. The molecule has 110 valence electrons. The largest absolute Gasteiger partial charge is 0.480 e. The number of amides is 2. The molecule has 1 heterocycles. The van der Waals surface area contributed by atoms with Gasteiger partial charge in [0, 0.05) is 27.3 Å². The molecule has 0 atom stereocenters. The second-order valence-electron chi connectivity index (χ2n) is 5.04. The highest BCUT2D eigenvalue weighted by atomic mass is 16.5. The van der Waals surface area contributed by atoms with E-state index in [9.17, 15) is 9.59 Å². The number of ether oxygens (including phenoxy) is 2. The van der Waals surface area contributed by atoms with Crippen LogP contribution in [0.4, 0.5) is 4.79 Å². The van der Waals surface area contributed by atoms with Crippen LogP contribution in [0.25, 0.3) is 0 Å². The first-order valence-corrected chi connectivity index (χ1v) is 6.23. The van der Waals surface area contributed by atoms with E-state index in [1.165, 1.54) is 0 Å². The number of carbonyl (C=O) groups excluding carboxylic acids is 1. The molecule has 0 aromatic heterocycles. The van der Waals surface area contributed by atoms with Crippen LogP contribution in [-0.4, -0.2) is 79.5 Å². The van der Waals surface area contributed by atoms with Gasteiger partial charge in [-0.25, -0.2) is 9.59 Å². The van der Waals surface area contributed by atoms with Crippen LogP contribution < -0.4 is 0 Å². The molecular weight excluding hydrogens is 252 g/mol. The van der Waals surface area contributed by atoms with Crippen molar-refractivity contribution in [2.75, 3.05) is 47.0 Å². The van der Waals surface area contributed by atoms with Gasteiger partial charge in [0.2, 0.25) is 0 Å². The van der Waals surface area contributed by atoms with E-state index in [-0.39, 0.29) is 12.6 Å². The number of nitrogens with zero attached hydrogens (tertiary/aromatic N) is 2. The van der Waals surface area contributed by atoms with Gasteiger partial charge in [-0.3, -0.25) is 0 Å². The summed E-state index contributed by atoms with van der Waals surface area (Å²) in [5.41, 5.74) is -0.540. The molecule has 19 heavy (non-hydrogen) atoms. The standard InChI is InChI=1S/C12H22N2O5/c1-12(19-7-10(15)16)8-14(9-12)11(17)13(2)5-4-6-18-3/h4-9H2,1-3H3,(H,15,16). The maximum Gasteiger partial charge on any atom is 0.329 e. The van der Waals surface area contributed by atoms with E-state index < -0.39 is 11.6 Å². The zero-order chi connectivity index (χ0) is 14.5. The molecule has 0 aromatic carbocycles. The average molecular weight is 274 g/mol. The number of aliphatic carboxylic acids is 1. The lowest BCUT2D eigenvalue weighted by atomic mass is 9.97.